The first-order valence-corrected chi connectivity index (χ1v) is 36.9. The van der Waals surface area contributed by atoms with Crippen molar-refractivity contribution >= 4 is 115 Å². The Balaban J connectivity index is 0.000000619. The Morgan fingerprint density at radius 2 is 0.505 bits per heavy atom. The molecule has 0 atom stereocenters. The molecule has 5 aromatic carbocycles. The summed E-state index contributed by atoms with van der Waals surface area (Å²) in [6, 6.07) is 35.4. The number of rotatable bonds is 32. The van der Waals surface area contributed by atoms with E-state index in [0.29, 0.717) is 137 Å². The summed E-state index contributed by atoms with van der Waals surface area (Å²) in [6.07, 6.45) is 5.95. The molecule has 20 N–H and O–H groups in total. The van der Waals surface area contributed by atoms with Gasteiger partial charge in [0.15, 0.2) is 0 Å². The van der Waals surface area contributed by atoms with Crippen molar-refractivity contribution in [2.24, 2.45) is 28.7 Å². The van der Waals surface area contributed by atoms with Crippen LogP contribution in [0.1, 0.15) is 145 Å². The first-order valence-electron chi connectivity index (χ1n) is 32.8. The molecule has 0 radical (unpaired) electrons. The topological polar surface area (TPSA) is 421 Å². The lowest BCUT2D eigenvalue weighted by atomic mass is 10.2. The number of hydrogen-bond acceptors (Lipinski definition) is 20. The summed E-state index contributed by atoms with van der Waals surface area (Å²) in [5.41, 5.74) is 29.4. The Bertz CT molecular complexity index is 3240. The van der Waals surface area contributed by atoms with Crippen LogP contribution in [0.4, 0.5) is 24.0 Å². The average molecular weight is 1460 g/mol. The van der Waals surface area contributed by atoms with E-state index in [1.165, 1.54) is 0 Å². The van der Waals surface area contributed by atoms with Crippen LogP contribution in [0.5, 0.6) is 0 Å². The Labute approximate surface area is 604 Å². The van der Waals surface area contributed by atoms with E-state index in [4.69, 9.17) is 28.7 Å². The highest BCUT2D eigenvalue weighted by Gasteiger charge is 2.19. The molecule has 5 aromatic rings. The van der Waals surface area contributed by atoms with Crippen LogP contribution in [0.2, 0.25) is 0 Å². The molecule has 0 saturated heterocycles. The van der Waals surface area contributed by atoms with Gasteiger partial charge in [0, 0.05) is 102 Å². The third-order valence-electron chi connectivity index (χ3n) is 12.2. The van der Waals surface area contributed by atoms with Crippen LogP contribution < -0.4 is 81.8 Å². The molecule has 0 heterocycles. The normalized spacial score (nSPS) is 10.2. The summed E-state index contributed by atoms with van der Waals surface area (Å²) in [4.78, 5) is 122. The molecule has 0 aliphatic heterocycles. The van der Waals surface area contributed by atoms with E-state index < -0.39 is 0 Å². The fraction of sp³-hybridized carbons (Fsp3) is 0.420. The zero-order valence-corrected chi connectivity index (χ0v) is 61.9. The monoisotopic (exact) mass is 1460 g/mol. The van der Waals surface area contributed by atoms with Gasteiger partial charge in [0.25, 0.3) is 55.7 Å². The number of nitrogens with one attached hydrogen (secondary N) is 10. The standard InChI is InChI=1S/C15H23N3O2S.2C14H21N3O2S.2C13H19N3O2S/c1-2-3-10-18-15(20)21-13-8-5-4-7-12(13)14(19)17-11-6-9-16;1-10(2)17-14(19)20-12-7-4-3-6-11(12)13(18)16-9-5-8-15;1-2-9-17-14(19)20-12-7-4-3-6-11(12)13(18)16-10-5-8-15;1-9(2)16-13(18)19-11-6-4-3-5-10(11)12(17)15-8-7-14;1-2-8-16-13(18)19-11-6-4-3-5-10(11)12(17)15-9-7-14/h4-5,7-8H,2-3,6,9-11,16H2,1H3,(H,17,19)(H,18,20);3-4,6-7,10H,5,8-9,15H2,1-2H3,(H,16,18)(H,17,19);3-4,6-7H,2,5,8-10,15H2,1H3,(H,16,18)(H,17,19);3-6,9H,7-8,14H2,1-2H3,(H,15,17)(H,16,18);3-6H,2,7-9,14H2,1H3,(H,15,17)(H,16,18). The first-order chi connectivity index (χ1) is 47.6. The van der Waals surface area contributed by atoms with Gasteiger partial charge < -0.3 is 81.8 Å². The predicted molar refractivity (Wildman–Crippen MR) is 405 cm³/mol. The summed E-state index contributed by atoms with van der Waals surface area (Å²) in [6.45, 7) is 20.4. The number of carbonyl (C=O) groups excluding carboxylic acids is 10. The van der Waals surface area contributed by atoms with Crippen LogP contribution in [0.15, 0.2) is 146 Å². The number of carbonyl (C=O) groups is 10. The first kappa shape index (κ1) is 89.4. The fourth-order valence-electron chi connectivity index (χ4n) is 7.43. The number of unbranched alkanes of at least 4 members (excludes halogenated alkanes) is 1. The Morgan fingerprint density at radius 3 is 0.727 bits per heavy atom. The Morgan fingerprint density at radius 1 is 0.283 bits per heavy atom. The van der Waals surface area contributed by atoms with E-state index >= 15 is 0 Å². The van der Waals surface area contributed by atoms with Gasteiger partial charge in [-0.25, -0.2) is 0 Å². The van der Waals surface area contributed by atoms with Gasteiger partial charge >= 0.3 is 0 Å². The third-order valence-corrected chi connectivity index (χ3v) is 16.7. The molecular formula is C69H103N15O10S5. The van der Waals surface area contributed by atoms with Crippen molar-refractivity contribution in [1.29, 1.82) is 0 Å². The van der Waals surface area contributed by atoms with E-state index in [0.717, 1.165) is 104 Å². The molecule has 0 aliphatic rings. The van der Waals surface area contributed by atoms with Crippen LogP contribution in [0, 0.1) is 0 Å². The number of amides is 10. The van der Waals surface area contributed by atoms with Crippen molar-refractivity contribution in [2.75, 3.05) is 85.1 Å². The molecule has 0 fully saturated rings. The van der Waals surface area contributed by atoms with E-state index in [1.807, 2.05) is 59.7 Å². The van der Waals surface area contributed by atoms with Gasteiger partial charge in [-0.1, -0.05) is 87.9 Å². The largest absolute Gasteiger partial charge is 0.352 e. The Hall–Kier alpha value is -7.65. The lowest BCUT2D eigenvalue weighted by molar-refractivity contribution is 0.0942. The van der Waals surface area contributed by atoms with Gasteiger partial charge in [0.05, 0.1) is 27.8 Å². The lowest BCUT2D eigenvalue weighted by Gasteiger charge is -2.11. The highest BCUT2D eigenvalue weighted by molar-refractivity contribution is 8.14. The quantitative estimate of drug-likeness (QED) is 0.0141. The number of hydrogen-bond donors (Lipinski definition) is 15. The maximum absolute atomic E-state index is 12.1. The van der Waals surface area contributed by atoms with Gasteiger partial charge in [-0.2, -0.15) is 0 Å². The van der Waals surface area contributed by atoms with Gasteiger partial charge in [-0.3, -0.25) is 47.9 Å². The summed E-state index contributed by atoms with van der Waals surface area (Å²) in [7, 11) is 0. The number of benzene rings is 5. The predicted octanol–water partition coefficient (Wildman–Crippen LogP) is 9.49. The second kappa shape index (κ2) is 56.1. The molecule has 99 heavy (non-hydrogen) atoms. The smallest absolute Gasteiger partial charge is 0.284 e. The molecular weight excluding hydrogens is 1360 g/mol. The van der Waals surface area contributed by atoms with Crippen molar-refractivity contribution in [1.82, 2.24) is 53.2 Å². The average Bonchev–Trinajstić information content (AvgIpc) is 0.939. The van der Waals surface area contributed by atoms with Crippen LogP contribution in [-0.2, 0) is 0 Å². The van der Waals surface area contributed by atoms with Crippen LogP contribution in [0.3, 0.4) is 0 Å². The van der Waals surface area contributed by atoms with Crippen molar-refractivity contribution in [3.63, 3.8) is 0 Å². The van der Waals surface area contributed by atoms with E-state index in [1.54, 1.807) is 103 Å². The molecule has 0 spiro atoms. The second-order valence-electron chi connectivity index (χ2n) is 21.4. The van der Waals surface area contributed by atoms with Crippen molar-refractivity contribution in [2.45, 2.75) is 130 Å². The molecule has 0 bridgehead atoms. The molecule has 5 rings (SSSR count). The van der Waals surface area contributed by atoms with Crippen molar-refractivity contribution in [3.05, 3.63) is 149 Å². The summed E-state index contributed by atoms with van der Waals surface area (Å²) >= 11 is 5.17. The highest BCUT2D eigenvalue weighted by Crippen LogP contribution is 2.27. The van der Waals surface area contributed by atoms with Crippen LogP contribution >= 0.6 is 58.8 Å². The number of thioether (sulfide) groups is 5. The van der Waals surface area contributed by atoms with Crippen molar-refractivity contribution in [3.8, 4) is 0 Å². The summed E-state index contributed by atoms with van der Waals surface area (Å²) < 4.78 is 0. The highest BCUT2D eigenvalue weighted by atomic mass is 32.2. The maximum Gasteiger partial charge on any atom is 0.284 e. The van der Waals surface area contributed by atoms with Crippen molar-refractivity contribution < 1.29 is 47.9 Å². The molecule has 0 saturated carbocycles. The fourth-order valence-corrected chi connectivity index (χ4v) is 11.6. The van der Waals surface area contributed by atoms with E-state index in [2.05, 4.69) is 60.1 Å². The molecule has 25 nitrogen and oxygen atoms in total. The van der Waals surface area contributed by atoms with Gasteiger partial charge in [0.1, 0.15) is 0 Å². The SMILES string of the molecule is CC(C)NC(=O)Sc1ccccc1C(=O)NCCCN.CC(C)NC(=O)Sc1ccccc1C(=O)NCCN.CCCCNC(=O)Sc1ccccc1C(=O)NCCCN.CCCNC(=O)Sc1ccccc1C(=O)NCCCN.CCCNC(=O)Sc1ccccc1C(=O)NCCN. The molecule has 544 valence electrons. The summed E-state index contributed by atoms with van der Waals surface area (Å²) in [5, 5.41) is 26.9. The minimum Gasteiger partial charge on any atom is -0.352 e. The zero-order valence-electron chi connectivity index (χ0n) is 57.9. The zero-order chi connectivity index (χ0) is 73.6. The lowest BCUT2D eigenvalue weighted by Crippen LogP contribution is -2.30. The molecule has 0 aromatic heterocycles. The molecule has 10 amide bonds. The summed E-state index contributed by atoms with van der Waals surface area (Å²) in [5.74, 6) is -0.959. The number of nitrogens with two attached hydrogens (primary N) is 5. The van der Waals surface area contributed by atoms with E-state index in [-0.39, 0.29) is 67.8 Å². The molecule has 30 heteroatoms. The third kappa shape index (κ3) is 40.9. The van der Waals surface area contributed by atoms with Crippen LogP contribution in [0.25, 0.3) is 0 Å². The van der Waals surface area contributed by atoms with Gasteiger partial charge in [-0.05, 0) is 205 Å². The minimum atomic E-state index is -0.217. The molecule has 0 aliphatic carbocycles. The molecule has 0 unspecified atom stereocenters. The van der Waals surface area contributed by atoms with Crippen LogP contribution in [-0.4, -0.2) is 153 Å². The van der Waals surface area contributed by atoms with Gasteiger partial charge in [-0.15, -0.1) is 0 Å². The maximum atomic E-state index is 12.1. The minimum absolute atomic E-state index is 0.0678. The van der Waals surface area contributed by atoms with E-state index in [9.17, 15) is 47.9 Å². The van der Waals surface area contributed by atoms with Gasteiger partial charge in [0.2, 0.25) is 0 Å². The Kier molecular flexibility index (Phi) is 50.7. The second-order valence-corrected chi connectivity index (χ2v) is 26.5.